The average molecular weight is 420 g/mol. The number of fused-ring (bicyclic) bond motifs is 1. The first-order valence-electron chi connectivity index (χ1n) is 9.53. The third-order valence-electron chi connectivity index (χ3n) is 4.68. The van der Waals surface area contributed by atoms with Gasteiger partial charge in [-0.05, 0) is 49.6 Å². The third kappa shape index (κ3) is 3.69. The van der Waals surface area contributed by atoms with Crippen molar-refractivity contribution in [2.75, 3.05) is 12.4 Å². The molecule has 0 saturated heterocycles. The maximum Gasteiger partial charge on any atom is 0.256 e. The Morgan fingerprint density at radius 2 is 1.93 bits per heavy atom. The van der Waals surface area contributed by atoms with Crippen molar-refractivity contribution in [2.24, 2.45) is 0 Å². The van der Waals surface area contributed by atoms with Crippen molar-refractivity contribution in [3.05, 3.63) is 65.2 Å². The number of carbonyl (C=O) groups is 2. The van der Waals surface area contributed by atoms with Crippen LogP contribution >= 0.6 is 11.3 Å². The zero-order valence-corrected chi connectivity index (χ0v) is 17.7. The van der Waals surface area contributed by atoms with Crippen molar-refractivity contribution in [1.29, 1.82) is 0 Å². The van der Waals surface area contributed by atoms with Crippen LogP contribution < -0.4 is 10.6 Å². The van der Waals surface area contributed by atoms with E-state index in [1.165, 1.54) is 0 Å². The maximum absolute atomic E-state index is 13.2. The molecule has 3 aromatic heterocycles. The van der Waals surface area contributed by atoms with Crippen LogP contribution in [0.4, 0.5) is 5.69 Å². The van der Waals surface area contributed by atoms with Gasteiger partial charge >= 0.3 is 0 Å². The van der Waals surface area contributed by atoms with Crippen LogP contribution in [0.15, 0.2) is 54.0 Å². The number of carbonyl (C=O) groups excluding carboxylic acids is 2. The van der Waals surface area contributed by atoms with Gasteiger partial charge in [0.25, 0.3) is 11.8 Å². The van der Waals surface area contributed by atoms with Gasteiger partial charge in [0.15, 0.2) is 5.65 Å². The Kier molecular flexibility index (Phi) is 5.33. The number of rotatable bonds is 5. The second-order valence-electron chi connectivity index (χ2n) is 7.07. The van der Waals surface area contributed by atoms with Crippen LogP contribution in [0.25, 0.3) is 21.6 Å². The summed E-state index contributed by atoms with van der Waals surface area (Å²) >= 11 is 1.57. The van der Waals surface area contributed by atoms with Crippen LogP contribution in [0.5, 0.6) is 0 Å². The van der Waals surface area contributed by atoms with E-state index in [0.717, 1.165) is 10.6 Å². The Balaban J connectivity index is 1.78. The van der Waals surface area contributed by atoms with Gasteiger partial charge < -0.3 is 10.6 Å². The van der Waals surface area contributed by atoms with Crippen LogP contribution in [-0.4, -0.2) is 33.6 Å². The van der Waals surface area contributed by atoms with Crippen molar-refractivity contribution < 1.29 is 9.59 Å². The van der Waals surface area contributed by atoms with E-state index in [4.69, 9.17) is 4.98 Å². The summed E-state index contributed by atoms with van der Waals surface area (Å²) in [6, 6.07) is 12.6. The molecule has 4 rings (SSSR count). The normalized spacial score (nSPS) is 11.1. The molecule has 7 nitrogen and oxygen atoms in total. The van der Waals surface area contributed by atoms with Gasteiger partial charge in [0.05, 0.1) is 27.7 Å². The number of nitrogens with zero attached hydrogens (tertiary/aromatic N) is 3. The Morgan fingerprint density at radius 1 is 1.10 bits per heavy atom. The van der Waals surface area contributed by atoms with E-state index in [9.17, 15) is 9.59 Å². The van der Waals surface area contributed by atoms with Gasteiger partial charge in [-0.15, -0.1) is 11.3 Å². The molecule has 0 aliphatic rings. The number of nitrogens with one attached hydrogen (secondary N) is 2. The molecule has 0 aliphatic carbocycles. The Labute approximate surface area is 177 Å². The molecule has 0 fully saturated rings. The van der Waals surface area contributed by atoms with Crippen molar-refractivity contribution >= 4 is 39.9 Å². The number of amides is 2. The summed E-state index contributed by atoms with van der Waals surface area (Å²) in [6.07, 6.45) is 1.68. The first kappa shape index (κ1) is 19.8. The highest BCUT2D eigenvalue weighted by molar-refractivity contribution is 7.13. The summed E-state index contributed by atoms with van der Waals surface area (Å²) < 4.78 is 1.81. The molecule has 8 heteroatoms. The number of pyridine rings is 1. The lowest BCUT2D eigenvalue weighted by atomic mass is 10.1. The second-order valence-corrected chi connectivity index (χ2v) is 8.01. The van der Waals surface area contributed by atoms with E-state index in [0.29, 0.717) is 27.8 Å². The standard InChI is InChI=1S/C22H21N5O2S/c1-13(2)27-20-17(12-24-27)16(11-18(26-20)19-8-5-9-30-19)22(29)25-15-7-4-6-14(10-15)21(28)23-3/h4-13H,1-3H3,(H,23,28)(H,25,29). The molecule has 2 amide bonds. The van der Waals surface area contributed by atoms with E-state index in [1.54, 1.807) is 54.9 Å². The van der Waals surface area contributed by atoms with Gasteiger partial charge in [-0.1, -0.05) is 12.1 Å². The molecule has 3 heterocycles. The summed E-state index contributed by atoms with van der Waals surface area (Å²) in [4.78, 5) is 30.9. The van der Waals surface area contributed by atoms with E-state index in [2.05, 4.69) is 15.7 Å². The topological polar surface area (TPSA) is 88.9 Å². The predicted octanol–water partition coefficient (Wildman–Crippen LogP) is 4.35. The minimum absolute atomic E-state index is 0.105. The van der Waals surface area contributed by atoms with Gasteiger partial charge in [0.2, 0.25) is 0 Å². The Bertz CT molecular complexity index is 1230. The number of benzene rings is 1. The van der Waals surface area contributed by atoms with Crippen molar-refractivity contribution in [2.45, 2.75) is 19.9 Å². The SMILES string of the molecule is CNC(=O)c1cccc(NC(=O)c2cc(-c3cccs3)nc3c2cnn3C(C)C)c1. The van der Waals surface area contributed by atoms with Crippen LogP contribution in [0.3, 0.4) is 0 Å². The van der Waals surface area contributed by atoms with Crippen molar-refractivity contribution in [1.82, 2.24) is 20.1 Å². The quantitative estimate of drug-likeness (QED) is 0.503. The molecule has 152 valence electrons. The lowest BCUT2D eigenvalue weighted by Gasteiger charge is -2.11. The number of thiophene rings is 1. The summed E-state index contributed by atoms with van der Waals surface area (Å²) in [5.74, 6) is -0.492. The minimum Gasteiger partial charge on any atom is -0.355 e. The fourth-order valence-electron chi connectivity index (χ4n) is 3.22. The van der Waals surface area contributed by atoms with Gasteiger partial charge in [0.1, 0.15) is 0 Å². The van der Waals surface area contributed by atoms with Crippen LogP contribution in [0.1, 0.15) is 40.6 Å². The molecule has 30 heavy (non-hydrogen) atoms. The molecule has 2 N–H and O–H groups in total. The van der Waals surface area contributed by atoms with Crippen LogP contribution in [0, 0.1) is 0 Å². The molecular weight excluding hydrogens is 398 g/mol. The van der Waals surface area contributed by atoms with Gasteiger partial charge in [-0.3, -0.25) is 9.59 Å². The van der Waals surface area contributed by atoms with Gasteiger partial charge in [-0.2, -0.15) is 5.10 Å². The van der Waals surface area contributed by atoms with Crippen LogP contribution in [-0.2, 0) is 0 Å². The molecule has 0 saturated carbocycles. The summed E-state index contributed by atoms with van der Waals surface area (Å²) in [7, 11) is 1.57. The number of hydrogen-bond donors (Lipinski definition) is 2. The molecule has 0 radical (unpaired) electrons. The fourth-order valence-corrected chi connectivity index (χ4v) is 3.90. The summed E-state index contributed by atoms with van der Waals surface area (Å²) in [6.45, 7) is 4.05. The monoisotopic (exact) mass is 419 g/mol. The van der Waals surface area contributed by atoms with E-state index in [1.807, 2.05) is 36.0 Å². The molecule has 1 aromatic carbocycles. The molecule has 0 spiro atoms. The van der Waals surface area contributed by atoms with Gasteiger partial charge in [-0.25, -0.2) is 9.67 Å². The molecule has 0 atom stereocenters. The number of anilines is 1. The van der Waals surface area contributed by atoms with Gasteiger partial charge in [0, 0.05) is 24.3 Å². The summed E-state index contributed by atoms with van der Waals surface area (Å²) in [5, 5.41) is 12.6. The maximum atomic E-state index is 13.2. The highest BCUT2D eigenvalue weighted by atomic mass is 32.1. The van der Waals surface area contributed by atoms with E-state index < -0.39 is 0 Å². The van der Waals surface area contributed by atoms with E-state index >= 15 is 0 Å². The molecule has 0 aliphatic heterocycles. The second kappa shape index (κ2) is 8.08. The third-order valence-corrected chi connectivity index (χ3v) is 5.58. The highest BCUT2D eigenvalue weighted by Gasteiger charge is 2.19. The average Bonchev–Trinajstić information content (AvgIpc) is 3.42. The zero-order valence-electron chi connectivity index (χ0n) is 16.8. The van der Waals surface area contributed by atoms with Crippen molar-refractivity contribution in [3.63, 3.8) is 0 Å². The Hall–Kier alpha value is -3.52. The Morgan fingerprint density at radius 3 is 2.63 bits per heavy atom. The minimum atomic E-state index is -0.280. The number of aromatic nitrogens is 3. The fraction of sp³-hybridized carbons (Fsp3) is 0.182. The molecular formula is C22H21N5O2S. The zero-order chi connectivity index (χ0) is 21.3. The highest BCUT2D eigenvalue weighted by Crippen LogP contribution is 2.29. The first-order chi connectivity index (χ1) is 14.5. The smallest absolute Gasteiger partial charge is 0.256 e. The van der Waals surface area contributed by atoms with Crippen molar-refractivity contribution in [3.8, 4) is 10.6 Å². The molecule has 4 aromatic rings. The predicted molar refractivity (Wildman–Crippen MR) is 119 cm³/mol. The lowest BCUT2D eigenvalue weighted by molar-refractivity contribution is 0.0961. The largest absolute Gasteiger partial charge is 0.355 e. The molecule has 0 bridgehead atoms. The summed E-state index contributed by atoms with van der Waals surface area (Å²) in [5.41, 5.74) is 2.90. The van der Waals surface area contributed by atoms with Crippen LogP contribution in [0.2, 0.25) is 0 Å². The lowest BCUT2D eigenvalue weighted by Crippen LogP contribution is -2.18. The molecule has 0 unspecified atom stereocenters. The first-order valence-corrected chi connectivity index (χ1v) is 10.4. The number of hydrogen-bond acceptors (Lipinski definition) is 5. The van der Waals surface area contributed by atoms with E-state index in [-0.39, 0.29) is 17.9 Å².